The van der Waals surface area contributed by atoms with Gasteiger partial charge in [0.05, 0.1) is 16.9 Å². The molecule has 0 unspecified atom stereocenters. The lowest BCUT2D eigenvalue weighted by Crippen LogP contribution is -2.43. The summed E-state index contributed by atoms with van der Waals surface area (Å²) in [6, 6.07) is 0. The van der Waals surface area contributed by atoms with Gasteiger partial charge in [0, 0.05) is 7.05 Å². The SMILES string of the molecule is C#CC(C)(C)NC(=O)c1c(N)c(CC)nn1C. The van der Waals surface area contributed by atoms with Gasteiger partial charge in [-0.3, -0.25) is 9.48 Å². The number of nitrogens with two attached hydrogens (primary N) is 1. The van der Waals surface area contributed by atoms with Gasteiger partial charge in [-0.05, 0) is 20.3 Å². The van der Waals surface area contributed by atoms with E-state index in [0.717, 1.165) is 5.69 Å². The summed E-state index contributed by atoms with van der Waals surface area (Å²) in [5, 5.41) is 6.91. The Morgan fingerprint density at radius 2 is 2.24 bits per heavy atom. The average molecular weight is 234 g/mol. The monoisotopic (exact) mass is 234 g/mol. The fraction of sp³-hybridized carbons (Fsp3) is 0.500. The van der Waals surface area contributed by atoms with Crippen LogP contribution in [0.5, 0.6) is 0 Å². The van der Waals surface area contributed by atoms with Gasteiger partial charge >= 0.3 is 0 Å². The van der Waals surface area contributed by atoms with E-state index in [2.05, 4.69) is 16.3 Å². The highest BCUT2D eigenvalue weighted by atomic mass is 16.2. The number of nitrogens with one attached hydrogen (secondary N) is 1. The first-order valence-corrected chi connectivity index (χ1v) is 5.44. The molecule has 17 heavy (non-hydrogen) atoms. The molecule has 0 radical (unpaired) electrons. The molecule has 0 aliphatic heterocycles. The number of carbonyl (C=O) groups excluding carboxylic acids is 1. The van der Waals surface area contributed by atoms with Crippen LogP contribution >= 0.6 is 0 Å². The Labute approximate surface area is 101 Å². The van der Waals surface area contributed by atoms with Crippen molar-refractivity contribution in [1.82, 2.24) is 15.1 Å². The van der Waals surface area contributed by atoms with Crippen LogP contribution in [0, 0.1) is 12.3 Å². The lowest BCUT2D eigenvalue weighted by atomic mass is 10.1. The first-order valence-electron chi connectivity index (χ1n) is 5.44. The molecule has 0 aliphatic carbocycles. The molecule has 0 spiro atoms. The van der Waals surface area contributed by atoms with Crippen LogP contribution in [0.15, 0.2) is 0 Å². The van der Waals surface area contributed by atoms with Gasteiger partial charge in [0.25, 0.3) is 5.91 Å². The molecule has 0 bridgehead atoms. The summed E-state index contributed by atoms with van der Waals surface area (Å²) in [6.45, 7) is 5.43. The summed E-state index contributed by atoms with van der Waals surface area (Å²) in [4.78, 5) is 12.0. The zero-order valence-electron chi connectivity index (χ0n) is 10.7. The van der Waals surface area contributed by atoms with Crippen LogP contribution in [-0.2, 0) is 13.5 Å². The van der Waals surface area contributed by atoms with Crippen LogP contribution in [0.25, 0.3) is 0 Å². The molecular formula is C12H18N4O. The second-order valence-corrected chi connectivity index (χ2v) is 4.41. The predicted octanol–water partition coefficient (Wildman–Crippen LogP) is 0.706. The summed E-state index contributed by atoms with van der Waals surface area (Å²) >= 11 is 0. The summed E-state index contributed by atoms with van der Waals surface area (Å²) in [6.07, 6.45) is 6.01. The fourth-order valence-corrected chi connectivity index (χ4v) is 1.51. The number of rotatable bonds is 3. The van der Waals surface area contributed by atoms with Crippen LogP contribution in [0.3, 0.4) is 0 Å². The number of aryl methyl sites for hydroxylation is 2. The molecule has 0 aromatic carbocycles. The molecule has 0 fully saturated rings. The second-order valence-electron chi connectivity index (χ2n) is 4.41. The highest BCUT2D eigenvalue weighted by Gasteiger charge is 2.24. The van der Waals surface area contributed by atoms with E-state index in [1.807, 2.05) is 6.92 Å². The number of aromatic nitrogens is 2. The van der Waals surface area contributed by atoms with Crippen molar-refractivity contribution in [3.8, 4) is 12.3 Å². The number of carbonyl (C=O) groups is 1. The molecule has 0 saturated heterocycles. The number of amides is 1. The molecule has 3 N–H and O–H groups in total. The second kappa shape index (κ2) is 4.50. The van der Waals surface area contributed by atoms with Crippen molar-refractivity contribution >= 4 is 11.6 Å². The molecule has 1 aromatic heterocycles. The van der Waals surface area contributed by atoms with Crippen LogP contribution in [0.4, 0.5) is 5.69 Å². The van der Waals surface area contributed by atoms with Crippen molar-refractivity contribution < 1.29 is 4.79 Å². The van der Waals surface area contributed by atoms with Crippen molar-refractivity contribution in [3.05, 3.63) is 11.4 Å². The molecule has 92 valence electrons. The van der Waals surface area contributed by atoms with E-state index in [1.54, 1.807) is 20.9 Å². The van der Waals surface area contributed by atoms with Crippen LogP contribution < -0.4 is 11.1 Å². The van der Waals surface area contributed by atoms with Crippen molar-refractivity contribution in [3.63, 3.8) is 0 Å². The predicted molar refractivity (Wildman–Crippen MR) is 67.4 cm³/mol. The Hall–Kier alpha value is -1.96. The Balaban J connectivity index is 3.06. The normalized spacial score (nSPS) is 11.0. The zero-order valence-corrected chi connectivity index (χ0v) is 10.7. The highest BCUT2D eigenvalue weighted by Crippen LogP contribution is 2.17. The van der Waals surface area contributed by atoms with Gasteiger partial charge in [0.1, 0.15) is 5.69 Å². The number of nitrogen functional groups attached to an aromatic ring is 1. The Bertz CT molecular complexity index is 479. The summed E-state index contributed by atoms with van der Waals surface area (Å²) in [5.41, 5.74) is 6.66. The molecule has 1 rings (SSSR count). The summed E-state index contributed by atoms with van der Waals surface area (Å²) in [7, 11) is 1.69. The Morgan fingerprint density at radius 1 is 1.65 bits per heavy atom. The molecule has 1 aromatic rings. The first-order chi connectivity index (χ1) is 7.82. The molecule has 1 amide bonds. The molecule has 0 saturated carbocycles. The van der Waals surface area contributed by atoms with E-state index in [0.29, 0.717) is 17.8 Å². The maximum absolute atomic E-state index is 12.0. The third kappa shape index (κ3) is 2.59. The van der Waals surface area contributed by atoms with E-state index in [9.17, 15) is 4.79 Å². The lowest BCUT2D eigenvalue weighted by molar-refractivity contribution is 0.0921. The smallest absolute Gasteiger partial charge is 0.272 e. The van der Waals surface area contributed by atoms with Gasteiger partial charge in [0.2, 0.25) is 0 Å². The molecular weight excluding hydrogens is 216 g/mol. The molecule has 0 atom stereocenters. The largest absolute Gasteiger partial charge is 0.395 e. The maximum atomic E-state index is 12.0. The van der Waals surface area contributed by atoms with E-state index in [-0.39, 0.29) is 5.91 Å². The van der Waals surface area contributed by atoms with Crippen LogP contribution in [-0.4, -0.2) is 21.2 Å². The average Bonchev–Trinajstić information content (AvgIpc) is 2.53. The Morgan fingerprint density at radius 3 is 2.65 bits per heavy atom. The minimum atomic E-state index is -0.708. The third-order valence-electron chi connectivity index (χ3n) is 2.50. The van der Waals surface area contributed by atoms with Crippen LogP contribution in [0.1, 0.15) is 37.0 Å². The minimum absolute atomic E-state index is 0.305. The maximum Gasteiger partial charge on any atom is 0.272 e. The minimum Gasteiger partial charge on any atom is -0.395 e. The summed E-state index contributed by atoms with van der Waals surface area (Å²) < 4.78 is 1.48. The molecule has 5 nitrogen and oxygen atoms in total. The van der Waals surface area contributed by atoms with Gasteiger partial charge in [-0.2, -0.15) is 5.10 Å². The highest BCUT2D eigenvalue weighted by molar-refractivity contribution is 5.98. The number of hydrogen-bond donors (Lipinski definition) is 2. The molecule has 1 heterocycles. The van der Waals surface area contributed by atoms with Gasteiger partial charge in [-0.1, -0.05) is 12.8 Å². The Kier molecular flexibility index (Phi) is 3.47. The van der Waals surface area contributed by atoms with Gasteiger partial charge in [0.15, 0.2) is 0 Å². The van der Waals surface area contributed by atoms with Gasteiger partial charge < -0.3 is 11.1 Å². The molecule has 0 aliphatic rings. The van der Waals surface area contributed by atoms with Crippen LogP contribution in [0.2, 0.25) is 0 Å². The van der Waals surface area contributed by atoms with Gasteiger partial charge in [-0.25, -0.2) is 0 Å². The molecule has 5 heteroatoms. The quantitative estimate of drug-likeness (QED) is 0.756. The van der Waals surface area contributed by atoms with Crippen molar-refractivity contribution in [2.45, 2.75) is 32.7 Å². The van der Waals surface area contributed by atoms with Crippen molar-refractivity contribution in [1.29, 1.82) is 0 Å². The summed E-state index contributed by atoms with van der Waals surface area (Å²) in [5.74, 6) is 2.19. The number of anilines is 1. The van der Waals surface area contributed by atoms with E-state index in [4.69, 9.17) is 12.2 Å². The number of hydrogen-bond acceptors (Lipinski definition) is 3. The van der Waals surface area contributed by atoms with Gasteiger partial charge in [-0.15, -0.1) is 6.42 Å². The van der Waals surface area contributed by atoms with Crippen molar-refractivity contribution in [2.24, 2.45) is 7.05 Å². The fourth-order valence-electron chi connectivity index (χ4n) is 1.51. The van der Waals surface area contributed by atoms with Crippen molar-refractivity contribution in [2.75, 3.05) is 5.73 Å². The zero-order chi connectivity index (χ0) is 13.2. The third-order valence-corrected chi connectivity index (χ3v) is 2.50. The number of nitrogens with zero attached hydrogens (tertiary/aromatic N) is 2. The topological polar surface area (TPSA) is 72.9 Å². The van der Waals surface area contributed by atoms with E-state index >= 15 is 0 Å². The van der Waals surface area contributed by atoms with E-state index < -0.39 is 5.54 Å². The number of terminal acetylenes is 1. The van der Waals surface area contributed by atoms with E-state index in [1.165, 1.54) is 4.68 Å². The first kappa shape index (κ1) is 13.1. The standard InChI is InChI=1S/C12H18N4O/c1-6-8-9(13)10(16(5)15-8)11(17)14-12(3,4)7-2/h2H,6,13H2,1,3-5H3,(H,14,17). The lowest BCUT2D eigenvalue weighted by Gasteiger charge is -2.19.